The molecule has 1 aliphatic rings. The van der Waals surface area contributed by atoms with E-state index in [2.05, 4.69) is 30.8 Å². The summed E-state index contributed by atoms with van der Waals surface area (Å²) in [5, 5.41) is 0. The van der Waals surface area contributed by atoms with E-state index in [4.69, 9.17) is 0 Å². The van der Waals surface area contributed by atoms with Gasteiger partial charge in [-0.1, -0.05) is 12.1 Å². The molecule has 4 nitrogen and oxygen atoms in total. The SMILES string of the molecule is CC(C)N(C)Cc1cncc2c1CCN(C(=O)c1ccccc1F)C2.Cl.Cl. The van der Waals surface area contributed by atoms with E-state index in [0.717, 1.165) is 18.5 Å². The number of hydrogen-bond acceptors (Lipinski definition) is 3. The van der Waals surface area contributed by atoms with Crippen LogP contribution in [-0.2, 0) is 19.5 Å². The zero-order valence-corrected chi connectivity index (χ0v) is 17.4. The second-order valence-corrected chi connectivity index (χ2v) is 6.90. The summed E-state index contributed by atoms with van der Waals surface area (Å²) in [4.78, 5) is 21.0. The minimum Gasteiger partial charge on any atom is -0.334 e. The second kappa shape index (κ2) is 10.0. The number of fused-ring (bicyclic) bond motifs is 1. The van der Waals surface area contributed by atoms with E-state index in [9.17, 15) is 9.18 Å². The number of benzene rings is 1. The Kier molecular flexibility index (Phi) is 8.66. The zero-order chi connectivity index (χ0) is 18.0. The molecule has 1 aromatic heterocycles. The van der Waals surface area contributed by atoms with Gasteiger partial charge in [0.15, 0.2) is 0 Å². The van der Waals surface area contributed by atoms with Crippen LogP contribution in [0.25, 0.3) is 0 Å². The summed E-state index contributed by atoms with van der Waals surface area (Å²) in [7, 11) is 2.10. The van der Waals surface area contributed by atoms with Crippen LogP contribution in [0.5, 0.6) is 0 Å². The molecule has 27 heavy (non-hydrogen) atoms. The largest absolute Gasteiger partial charge is 0.334 e. The van der Waals surface area contributed by atoms with Crippen LogP contribution in [0.3, 0.4) is 0 Å². The van der Waals surface area contributed by atoms with Crippen LogP contribution in [0, 0.1) is 5.82 Å². The highest BCUT2D eigenvalue weighted by Crippen LogP contribution is 2.24. The summed E-state index contributed by atoms with van der Waals surface area (Å²) in [6, 6.07) is 6.61. The van der Waals surface area contributed by atoms with Crippen LogP contribution in [0.2, 0.25) is 0 Å². The first-order chi connectivity index (χ1) is 12.0. The number of amides is 1. The zero-order valence-electron chi connectivity index (χ0n) is 15.8. The Morgan fingerprint density at radius 3 is 2.63 bits per heavy atom. The molecule has 1 aliphatic heterocycles. The maximum absolute atomic E-state index is 13.9. The number of pyridine rings is 1. The van der Waals surface area contributed by atoms with Gasteiger partial charge in [-0.3, -0.25) is 14.7 Å². The Labute approximate surface area is 172 Å². The van der Waals surface area contributed by atoms with Crippen molar-refractivity contribution in [2.24, 2.45) is 0 Å². The Balaban J connectivity index is 0.00000182. The molecule has 0 unspecified atom stereocenters. The molecule has 1 amide bonds. The Bertz CT molecular complexity index is 786. The van der Waals surface area contributed by atoms with Gasteiger partial charge in [-0.25, -0.2) is 4.39 Å². The van der Waals surface area contributed by atoms with Gasteiger partial charge in [0.1, 0.15) is 5.82 Å². The minimum absolute atomic E-state index is 0. The van der Waals surface area contributed by atoms with Gasteiger partial charge in [0.2, 0.25) is 0 Å². The van der Waals surface area contributed by atoms with E-state index in [0.29, 0.717) is 19.1 Å². The van der Waals surface area contributed by atoms with Crippen LogP contribution in [0.4, 0.5) is 4.39 Å². The average molecular weight is 414 g/mol. The lowest BCUT2D eigenvalue weighted by molar-refractivity contribution is 0.0729. The molecular weight excluding hydrogens is 388 g/mol. The van der Waals surface area contributed by atoms with Crippen LogP contribution >= 0.6 is 24.8 Å². The van der Waals surface area contributed by atoms with Crippen LogP contribution in [-0.4, -0.2) is 40.3 Å². The van der Waals surface area contributed by atoms with E-state index < -0.39 is 5.82 Å². The third-order valence-electron chi connectivity index (χ3n) is 4.92. The summed E-state index contributed by atoms with van der Waals surface area (Å²) < 4.78 is 13.9. The Morgan fingerprint density at radius 2 is 1.96 bits per heavy atom. The van der Waals surface area contributed by atoms with Crippen molar-refractivity contribution in [3.8, 4) is 0 Å². The lowest BCUT2D eigenvalue weighted by Gasteiger charge is -2.31. The standard InChI is InChI=1S/C20H24FN3O.2ClH/c1-14(2)23(3)12-15-10-22-11-16-13-24(9-8-17(15)16)20(25)18-6-4-5-7-19(18)21;;/h4-7,10-11,14H,8-9,12-13H2,1-3H3;2*1H. The first kappa shape index (κ1) is 23.3. The quantitative estimate of drug-likeness (QED) is 0.756. The predicted molar refractivity (Wildman–Crippen MR) is 110 cm³/mol. The highest BCUT2D eigenvalue weighted by molar-refractivity contribution is 5.94. The molecule has 0 radical (unpaired) electrons. The van der Waals surface area contributed by atoms with Crippen molar-refractivity contribution < 1.29 is 9.18 Å². The first-order valence-electron chi connectivity index (χ1n) is 8.66. The molecule has 0 N–H and O–H groups in total. The molecule has 148 valence electrons. The number of hydrogen-bond donors (Lipinski definition) is 0. The van der Waals surface area contributed by atoms with Crippen molar-refractivity contribution in [3.05, 3.63) is 64.7 Å². The lowest BCUT2D eigenvalue weighted by atomic mass is 9.96. The van der Waals surface area contributed by atoms with Gasteiger partial charge in [0.25, 0.3) is 5.91 Å². The van der Waals surface area contributed by atoms with Gasteiger partial charge in [0, 0.05) is 38.1 Å². The van der Waals surface area contributed by atoms with Crippen molar-refractivity contribution in [1.82, 2.24) is 14.8 Å². The molecule has 0 fully saturated rings. The molecule has 2 aromatic rings. The minimum atomic E-state index is -0.469. The molecule has 0 spiro atoms. The molecule has 1 aromatic carbocycles. The highest BCUT2D eigenvalue weighted by atomic mass is 35.5. The maximum Gasteiger partial charge on any atom is 0.257 e. The Hall–Kier alpha value is -1.69. The van der Waals surface area contributed by atoms with Crippen LogP contribution in [0.15, 0.2) is 36.7 Å². The van der Waals surface area contributed by atoms with Crippen molar-refractivity contribution in [2.45, 2.75) is 39.4 Å². The second-order valence-electron chi connectivity index (χ2n) is 6.90. The summed E-state index contributed by atoms with van der Waals surface area (Å²) in [6.45, 7) is 6.25. The topological polar surface area (TPSA) is 36.4 Å². The number of rotatable bonds is 4. The van der Waals surface area contributed by atoms with Gasteiger partial charge in [0.05, 0.1) is 5.56 Å². The van der Waals surface area contributed by atoms with E-state index >= 15 is 0 Å². The highest BCUT2D eigenvalue weighted by Gasteiger charge is 2.25. The molecule has 0 aliphatic carbocycles. The van der Waals surface area contributed by atoms with E-state index in [1.54, 1.807) is 23.1 Å². The first-order valence-corrected chi connectivity index (χ1v) is 8.66. The molecular formula is C20H26Cl2FN3O. The Morgan fingerprint density at radius 1 is 1.26 bits per heavy atom. The van der Waals surface area contributed by atoms with Gasteiger partial charge in [-0.05, 0) is 56.1 Å². The molecule has 0 bridgehead atoms. The number of nitrogens with zero attached hydrogens (tertiary/aromatic N) is 3. The van der Waals surface area contributed by atoms with Gasteiger partial charge in [-0.2, -0.15) is 0 Å². The van der Waals surface area contributed by atoms with E-state index in [1.165, 1.54) is 17.2 Å². The number of halogens is 3. The smallest absolute Gasteiger partial charge is 0.257 e. The fraction of sp³-hybridized carbons (Fsp3) is 0.400. The fourth-order valence-electron chi connectivity index (χ4n) is 3.13. The number of aromatic nitrogens is 1. The molecule has 0 saturated heterocycles. The monoisotopic (exact) mass is 413 g/mol. The van der Waals surface area contributed by atoms with E-state index in [1.807, 2.05) is 12.4 Å². The summed E-state index contributed by atoms with van der Waals surface area (Å²) >= 11 is 0. The van der Waals surface area contributed by atoms with Crippen molar-refractivity contribution in [2.75, 3.05) is 13.6 Å². The third kappa shape index (κ3) is 5.18. The third-order valence-corrected chi connectivity index (χ3v) is 4.92. The van der Waals surface area contributed by atoms with E-state index in [-0.39, 0.29) is 36.3 Å². The summed E-state index contributed by atoms with van der Waals surface area (Å²) in [5.41, 5.74) is 3.69. The summed E-state index contributed by atoms with van der Waals surface area (Å²) in [6.07, 6.45) is 4.53. The lowest BCUT2D eigenvalue weighted by Crippen LogP contribution is -2.37. The van der Waals surface area contributed by atoms with Crippen molar-refractivity contribution in [1.29, 1.82) is 0 Å². The van der Waals surface area contributed by atoms with Gasteiger partial charge < -0.3 is 4.90 Å². The summed E-state index contributed by atoms with van der Waals surface area (Å²) in [5.74, 6) is -0.725. The normalized spacial score (nSPS) is 13.0. The van der Waals surface area contributed by atoms with Gasteiger partial charge in [-0.15, -0.1) is 24.8 Å². The molecule has 0 saturated carbocycles. The molecule has 7 heteroatoms. The maximum atomic E-state index is 13.9. The van der Waals surface area contributed by atoms with Crippen LogP contribution < -0.4 is 0 Å². The van der Waals surface area contributed by atoms with Gasteiger partial charge >= 0.3 is 0 Å². The molecule has 3 rings (SSSR count). The predicted octanol–water partition coefficient (Wildman–Crippen LogP) is 4.10. The van der Waals surface area contributed by atoms with Crippen molar-refractivity contribution in [3.63, 3.8) is 0 Å². The fourth-order valence-corrected chi connectivity index (χ4v) is 3.13. The molecule has 0 atom stereocenters. The molecule has 2 heterocycles. The number of carbonyl (C=O) groups excluding carboxylic acids is 1. The van der Waals surface area contributed by atoms with Crippen LogP contribution in [0.1, 0.15) is 40.9 Å². The average Bonchev–Trinajstić information content (AvgIpc) is 2.61. The van der Waals surface area contributed by atoms with Crippen molar-refractivity contribution >= 4 is 30.7 Å². The number of carbonyl (C=O) groups is 1.